The van der Waals surface area contributed by atoms with Gasteiger partial charge in [0.2, 0.25) is 0 Å². The Bertz CT molecular complexity index is 988. The highest BCUT2D eigenvalue weighted by atomic mass is 16.3. The number of nitrogens with two attached hydrogens (primary N) is 1. The Morgan fingerprint density at radius 3 is 2.55 bits per heavy atom. The molecule has 7 heteroatoms. The summed E-state index contributed by atoms with van der Waals surface area (Å²) in [4.78, 5) is 23.3. The van der Waals surface area contributed by atoms with E-state index in [4.69, 9.17) is 10.2 Å². The number of benzene rings is 1. The zero-order valence-corrected chi connectivity index (χ0v) is 16.7. The van der Waals surface area contributed by atoms with Crippen molar-refractivity contribution in [3.05, 3.63) is 60.1 Å². The number of pyridine rings is 1. The number of carbonyl (C=O) groups excluding carboxylic acids is 1. The van der Waals surface area contributed by atoms with Crippen molar-refractivity contribution in [3.8, 4) is 11.1 Å². The van der Waals surface area contributed by atoms with E-state index in [0.717, 1.165) is 42.7 Å². The van der Waals surface area contributed by atoms with Gasteiger partial charge in [-0.15, -0.1) is 0 Å². The minimum Gasteiger partial charge on any atom is -0.451 e. The van der Waals surface area contributed by atoms with Crippen LogP contribution in [0.2, 0.25) is 0 Å². The molecule has 1 amide bonds. The quantitative estimate of drug-likeness (QED) is 0.706. The summed E-state index contributed by atoms with van der Waals surface area (Å²) in [7, 11) is 0. The van der Waals surface area contributed by atoms with Gasteiger partial charge >= 0.3 is 0 Å². The number of aromatic nitrogens is 2. The lowest BCUT2D eigenvalue weighted by molar-refractivity contribution is 0.102. The molecule has 1 aliphatic heterocycles. The van der Waals surface area contributed by atoms with Crippen molar-refractivity contribution in [2.75, 3.05) is 23.3 Å². The number of hydrogen-bond acceptors (Lipinski definition) is 6. The average molecular weight is 391 g/mol. The molecule has 3 N–H and O–H groups in total. The first kappa shape index (κ1) is 19.1. The molecule has 1 aromatic carbocycles. The molecule has 0 spiro atoms. The normalized spacial score (nSPS) is 14.8. The van der Waals surface area contributed by atoms with Gasteiger partial charge in [-0.3, -0.25) is 9.78 Å². The van der Waals surface area contributed by atoms with Crippen LogP contribution in [0.25, 0.3) is 11.1 Å². The maximum atomic E-state index is 12.6. The van der Waals surface area contributed by atoms with Gasteiger partial charge in [0.05, 0.1) is 17.6 Å². The number of rotatable bonds is 4. The minimum absolute atomic E-state index is 0.214. The van der Waals surface area contributed by atoms with Crippen LogP contribution in [0.4, 0.5) is 11.4 Å². The molecule has 3 aromatic rings. The second kappa shape index (κ2) is 8.05. The number of carbonyl (C=O) groups is 1. The van der Waals surface area contributed by atoms with Gasteiger partial charge in [0.15, 0.2) is 12.1 Å². The van der Waals surface area contributed by atoms with E-state index in [1.165, 1.54) is 23.8 Å². The van der Waals surface area contributed by atoms with Crippen molar-refractivity contribution < 1.29 is 9.21 Å². The summed E-state index contributed by atoms with van der Waals surface area (Å²) in [6, 6.07) is 6.65. The van der Waals surface area contributed by atoms with Gasteiger partial charge in [-0.05, 0) is 32.3 Å². The molecule has 3 heterocycles. The number of anilines is 2. The highest BCUT2D eigenvalue weighted by molar-refractivity contribution is 6.05. The van der Waals surface area contributed by atoms with E-state index in [0.29, 0.717) is 5.69 Å². The third-order valence-electron chi connectivity index (χ3n) is 5.22. The molecule has 0 saturated carbocycles. The van der Waals surface area contributed by atoms with Crippen molar-refractivity contribution >= 4 is 17.3 Å². The number of piperidine rings is 1. The van der Waals surface area contributed by atoms with Gasteiger partial charge in [0.1, 0.15) is 6.26 Å². The lowest BCUT2D eigenvalue weighted by Gasteiger charge is -2.34. The van der Waals surface area contributed by atoms with Crippen LogP contribution < -0.4 is 16.0 Å². The molecule has 0 aliphatic carbocycles. The number of amides is 1. The van der Waals surface area contributed by atoms with Crippen LogP contribution in [-0.2, 0) is 0 Å². The molecule has 0 radical (unpaired) electrons. The predicted molar refractivity (Wildman–Crippen MR) is 113 cm³/mol. The summed E-state index contributed by atoms with van der Waals surface area (Å²) >= 11 is 0. The first-order valence-corrected chi connectivity index (χ1v) is 9.78. The SMILES string of the molecule is Cc1cc(C)cc(-c2cncc(NC(=O)c3cocn3)c2N2CCC(N)CC2)c1. The Kier molecular flexibility index (Phi) is 5.31. The number of nitrogens with zero attached hydrogens (tertiary/aromatic N) is 3. The molecule has 1 saturated heterocycles. The number of hydrogen-bond donors (Lipinski definition) is 2. The summed E-state index contributed by atoms with van der Waals surface area (Å²) in [6.07, 6.45) is 7.94. The van der Waals surface area contributed by atoms with Crippen molar-refractivity contribution in [2.24, 2.45) is 5.73 Å². The molecule has 29 heavy (non-hydrogen) atoms. The number of aryl methyl sites for hydroxylation is 2. The topological polar surface area (TPSA) is 97.3 Å². The summed E-state index contributed by atoms with van der Waals surface area (Å²) in [5, 5.41) is 2.96. The maximum Gasteiger partial charge on any atom is 0.277 e. The van der Waals surface area contributed by atoms with Gasteiger partial charge in [0, 0.05) is 30.9 Å². The monoisotopic (exact) mass is 391 g/mol. The summed E-state index contributed by atoms with van der Waals surface area (Å²) in [5.74, 6) is -0.326. The van der Waals surface area contributed by atoms with Crippen LogP contribution in [0.15, 0.2) is 47.7 Å². The van der Waals surface area contributed by atoms with E-state index in [9.17, 15) is 4.79 Å². The van der Waals surface area contributed by atoms with Crippen LogP contribution >= 0.6 is 0 Å². The highest BCUT2D eigenvalue weighted by Gasteiger charge is 2.24. The molecule has 0 atom stereocenters. The van der Waals surface area contributed by atoms with E-state index in [1.54, 1.807) is 6.20 Å². The molecule has 1 fully saturated rings. The maximum absolute atomic E-state index is 12.6. The molecule has 7 nitrogen and oxygen atoms in total. The van der Waals surface area contributed by atoms with E-state index in [2.05, 4.69) is 52.2 Å². The van der Waals surface area contributed by atoms with Crippen LogP contribution in [0, 0.1) is 13.8 Å². The molecule has 1 aliphatic rings. The Labute approximate surface area is 170 Å². The van der Waals surface area contributed by atoms with Gasteiger partial charge in [-0.25, -0.2) is 4.98 Å². The molecular formula is C22H25N5O2. The third-order valence-corrected chi connectivity index (χ3v) is 5.22. The smallest absolute Gasteiger partial charge is 0.277 e. The largest absolute Gasteiger partial charge is 0.451 e. The van der Waals surface area contributed by atoms with Crippen molar-refractivity contribution in [1.82, 2.24) is 9.97 Å². The van der Waals surface area contributed by atoms with E-state index in [1.807, 2.05) is 6.20 Å². The highest BCUT2D eigenvalue weighted by Crippen LogP contribution is 2.38. The van der Waals surface area contributed by atoms with Crippen LogP contribution in [-0.4, -0.2) is 35.0 Å². The van der Waals surface area contributed by atoms with E-state index < -0.39 is 0 Å². The first-order chi connectivity index (χ1) is 14.0. The fraction of sp³-hybridized carbons (Fsp3) is 0.318. The van der Waals surface area contributed by atoms with E-state index in [-0.39, 0.29) is 17.6 Å². The Balaban J connectivity index is 1.79. The first-order valence-electron chi connectivity index (χ1n) is 9.78. The molecule has 0 bridgehead atoms. The zero-order chi connectivity index (χ0) is 20.4. The Hall–Kier alpha value is -3.19. The van der Waals surface area contributed by atoms with Gasteiger partial charge < -0.3 is 20.4 Å². The van der Waals surface area contributed by atoms with Crippen LogP contribution in [0.3, 0.4) is 0 Å². The Morgan fingerprint density at radius 2 is 1.90 bits per heavy atom. The van der Waals surface area contributed by atoms with Crippen molar-refractivity contribution in [2.45, 2.75) is 32.7 Å². The summed E-state index contributed by atoms with van der Waals surface area (Å²) < 4.78 is 4.94. The second-order valence-corrected chi connectivity index (χ2v) is 7.61. The molecule has 0 unspecified atom stereocenters. The van der Waals surface area contributed by atoms with Crippen molar-refractivity contribution in [1.29, 1.82) is 0 Å². The molecule has 2 aromatic heterocycles. The lowest BCUT2D eigenvalue weighted by Crippen LogP contribution is -2.40. The molecule has 4 rings (SSSR count). The summed E-state index contributed by atoms with van der Waals surface area (Å²) in [5.41, 5.74) is 12.4. The standard InChI is InChI=1S/C22H25N5O2/c1-14-7-15(2)9-16(8-14)18-10-24-11-19(26-22(28)20-12-29-13-25-20)21(18)27-5-3-17(23)4-6-27/h7-13,17H,3-6,23H2,1-2H3,(H,26,28). The van der Waals surface area contributed by atoms with Crippen LogP contribution in [0.5, 0.6) is 0 Å². The minimum atomic E-state index is -0.326. The zero-order valence-electron chi connectivity index (χ0n) is 16.7. The molecule has 150 valence electrons. The Morgan fingerprint density at radius 1 is 1.17 bits per heavy atom. The lowest BCUT2D eigenvalue weighted by atomic mass is 9.98. The summed E-state index contributed by atoms with van der Waals surface area (Å²) in [6.45, 7) is 5.82. The van der Waals surface area contributed by atoms with Gasteiger partial charge in [-0.2, -0.15) is 0 Å². The predicted octanol–water partition coefficient (Wildman–Crippen LogP) is 3.53. The third kappa shape index (κ3) is 4.14. The van der Waals surface area contributed by atoms with Gasteiger partial charge in [-0.1, -0.05) is 29.3 Å². The fourth-order valence-corrected chi connectivity index (χ4v) is 3.86. The second-order valence-electron chi connectivity index (χ2n) is 7.61. The van der Waals surface area contributed by atoms with Crippen LogP contribution in [0.1, 0.15) is 34.5 Å². The van der Waals surface area contributed by atoms with Crippen molar-refractivity contribution in [3.63, 3.8) is 0 Å². The molecular weight excluding hydrogens is 366 g/mol. The van der Waals surface area contributed by atoms with E-state index >= 15 is 0 Å². The average Bonchev–Trinajstić information content (AvgIpc) is 3.23. The number of nitrogens with one attached hydrogen (secondary N) is 1. The number of oxazole rings is 1. The fourth-order valence-electron chi connectivity index (χ4n) is 3.86. The van der Waals surface area contributed by atoms with Gasteiger partial charge in [0.25, 0.3) is 5.91 Å².